The van der Waals surface area contributed by atoms with Crippen molar-refractivity contribution in [3.63, 3.8) is 0 Å². The third-order valence-electron chi connectivity index (χ3n) is 2.63. The van der Waals surface area contributed by atoms with Crippen molar-refractivity contribution >= 4 is 5.97 Å². The highest BCUT2D eigenvalue weighted by Crippen LogP contribution is 2.05. The van der Waals surface area contributed by atoms with Gasteiger partial charge in [0, 0.05) is 6.08 Å². The van der Waals surface area contributed by atoms with Gasteiger partial charge in [0.1, 0.15) is 0 Å². The second kappa shape index (κ2) is 15.2. The van der Waals surface area contributed by atoms with Crippen LogP contribution in [0.25, 0.3) is 0 Å². The van der Waals surface area contributed by atoms with E-state index in [1.807, 2.05) is 24.3 Å². The Kier molecular flexibility index (Phi) is 13.8. The first-order chi connectivity index (χ1) is 9.77. The van der Waals surface area contributed by atoms with Gasteiger partial charge < -0.3 is 5.11 Å². The van der Waals surface area contributed by atoms with E-state index in [-0.39, 0.29) is 0 Å². The summed E-state index contributed by atoms with van der Waals surface area (Å²) in [5, 5.41) is 8.36. The normalized spacial score (nSPS) is 12.8. The standard InChI is InChI=1S/C18H26O2/c1-2-3-4-5-6-7-8-9-10-11-12-13-14-15-16-17-18(19)20/h8-17H,2-7H2,1H3,(H,19,20). The summed E-state index contributed by atoms with van der Waals surface area (Å²) >= 11 is 0. The molecule has 0 bridgehead atoms. The molecule has 0 spiro atoms. The third-order valence-corrected chi connectivity index (χ3v) is 2.63. The minimum Gasteiger partial charge on any atom is -0.478 e. The van der Waals surface area contributed by atoms with Gasteiger partial charge in [-0.25, -0.2) is 4.79 Å². The molecule has 2 heteroatoms. The van der Waals surface area contributed by atoms with Gasteiger partial charge in [0.15, 0.2) is 0 Å². The summed E-state index contributed by atoms with van der Waals surface area (Å²) < 4.78 is 0. The lowest BCUT2D eigenvalue weighted by atomic mass is 10.1. The predicted octanol–water partition coefficient (Wildman–Crippen LogP) is 5.21. The third kappa shape index (κ3) is 16.2. The number of hydrogen-bond acceptors (Lipinski definition) is 1. The second-order valence-electron chi connectivity index (χ2n) is 4.48. The molecular formula is C18H26O2. The Labute approximate surface area is 122 Å². The quantitative estimate of drug-likeness (QED) is 0.319. The van der Waals surface area contributed by atoms with Crippen LogP contribution < -0.4 is 0 Å². The number of unbranched alkanes of at least 4 members (excludes halogenated alkanes) is 5. The molecular weight excluding hydrogens is 248 g/mol. The molecule has 0 saturated carbocycles. The van der Waals surface area contributed by atoms with Crippen LogP contribution in [-0.2, 0) is 4.79 Å². The van der Waals surface area contributed by atoms with Crippen molar-refractivity contribution in [1.82, 2.24) is 0 Å². The van der Waals surface area contributed by atoms with Crippen molar-refractivity contribution in [1.29, 1.82) is 0 Å². The van der Waals surface area contributed by atoms with E-state index in [2.05, 4.69) is 19.1 Å². The monoisotopic (exact) mass is 274 g/mol. The second-order valence-corrected chi connectivity index (χ2v) is 4.48. The number of aliphatic carboxylic acids is 1. The fraction of sp³-hybridized carbons (Fsp3) is 0.389. The summed E-state index contributed by atoms with van der Waals surface area (Å²) in [5.41, 5.74) is 0. The highest BCUT2D eigenvalue weighted by Gasteiger charge is 1.85. The van der Waals surface area contributed by atoms with Gasteiger partial charge in [0.05, 0.1) is 0 Å². The molecule has 0 aromatic carbocycles. The van der Waals surface area contributed by atoms with E-state index < -0.39 is 5.97 Å². The van der Waals surface area contributed by atoms with Crippen molar-refractivity contribution in [2.75, 3.05) is 0 Å². The van der Waals surface area contributed by atoms with Crippen LogP contribution in [0.3, 0.4) is 0 Å². The predicted molar refractivity (Wildman–Crippen MR) is 86.7 cm³/mol. The zero-order valence-corrected chi connectivity index (χ0v) is 12.4. The number of carboxylic acid groups (broad SMARTS) is 1. The maximum atomic E-state index is 10.2. The zero-order chi connectivity index (χ0) is 14.9. The first kappa shape index (κ1) is 18.2. The van der Waals surface area contributed by atoms with E-state index in [4.69, 9.17) is 5.11 Å². The summed E-state index contributed by atoms with van der Waals surface area (Å²) in [6.45, 7) is 2.23. The molecule has 0 radical (unpaired) electrons. The molecule has 0 aliphatic heterocycles. The average Bonchev–Trinajstić information content (AvgIpc) is 2.43. The summed E-state index contributed by atoms with van der Waals surface area (Å²) in [4.78, 5) is 10.2. The van der Waals surface area contributed by atoms with Gasteiger partial charge in [-0.2, -0.15) is 0 Å². The van der Waals surface area contributed by atoms with Crippen molar-refractivity contribution < 1.29 is 9.90 Å². The van der Waals surface area contributed by atoms with Crippen LogP contribution in [-0.4, -0.2) is 11.1 Å². The maximum Gasteiger partial charge on any atom is 0.328 e. The molecule has 0 rings (SSSR count). The Balaban J connectivity index is 3.57. The molecule has 0 aromatic heterocycles. The van der Waals surface area contributed by atoms with Crippen LogP contribution in [0.2, 0.25) is 0 Å². The molecule has 0 aromatic rings. The van der Waals surface area contributed by atoms with E-state index >= 15 is 0 Å². The molecule has 0 heterocycles. The molecule has 110 valence electrons. The van der Waals surface area contributed by atoms with E-state index in [1.165, 1.54) is 38.2 Å². The first-order valence-corrected chi connectivity index (χ1v) is 7.33. The molecule has 0 unspecified atom stereocenters. The summed E-state index contributed by atoms with van der Waals surface area (Å²) in [6.07, 6.45) is 25.8. The first-order valence-electron chi connectivity index (χ1n) is 7.33. The highest BCUT2D eigenvalue weighted by atomic mass is 16.4. The van der Waals surface area contributed by atoms with Gasteiger partial charge in [-0.1, -0.05) is 87.3 Å². The minimum atomic E-state index is -0.932. The Bertz CT molecular complexity index is 371. The lowest BCUT2D eigenvalue weighted by Gasteiger charge is -1.95. The maximum absolute atomic E-state index is 10.2. The van der Waals surface area contributed by atoms with Crippen LogP contribution in [0.15, 0.2) is 60.8 Å². The van der Waals surface area contributed by atoms with Gasteiger partial charge in [-0.15, -0.1) is 0 Å². The van der Waals surface area contributed by atoms with E-state index in [1.54, 1.807) is 12.2 Å². The number of carbonyl (C=O) groups is 1. The number of carboxylic acids is 1. The van der Waals surface area contributed by atoms with Gasteiger partial charge in [-0.3, -0.25) is 0 Å². The lowest BCUT2D eigenvalue weighted by molar-refractivity contribution is -0.131. The number of rotatable bonds is 11. The Hall–Kier alpha value is -1.83. The van der Waals surface area contributed by atoms with Gasteiger partial charge in [0.2, 0.25) is 0 Å². The molecule has 2 nitrogen and oxygen atoms in total. The summed E-state index contributed by atoms with van der Waals surface area (Å²) in [6, 6.07) is 0. The summed E-state index contributed by atoms with van der Waals surface area (Å²) in [5.74, 6) is -0.932. The van der Waals surface area contributed by atoms with Crippen molar-refractivity contribution in [3.05, 3.63) is 60.8 Å². The van der Waals surface area contributed by atoms with E-state index in [0.717, 1.165) is 12.5 Å². The van der Waals surface area contributed by atoms with Gasteiger partial charge >= 0.3 is 5.97 Å². The number of hydrogen-bond donors (Lipinski definition) is 1. The Morgan fingerprint density at radius 1 is 0.800 bits per heavy atom. The van der Waals surface area contributed by atoms with Crippen LogP contribution >= 0.6 is 0 Å². The molecule has 0 amide bonds. The van der Waals surface area contributed by atoms with Crippen LogP contribution in [0.4, 0.5) is 0 Å². The molecule has 1 N–H and O–H groups in total. The fourth-order valence-corrected chi connectivity index (χ4v) is 1.56. The van der Waals surface area contributed by atoms with Gasteiger partial charge in [-0.05, 0) is 12.8 Å². The molecule has 20 heavy (non-hydrogen) atoms. The molecule has 0 saturated heterocycles. The smallest absolute Gasteiger partial charge is 0.328 e. The van der Waals surface area contributed by atoms with Crippen molar-refractivity contribution in [3.8, 4) is 0 Å². The highest BCUT2D eigenvalue weighted by molar-refractivity contribution is 5.80. The fourth-order valence-electron chi connectivity index (χ4n) is 1.56. The zero-order valence-electron chi connectivity index (χ0n) is 12.4. The average molecular weight is 274 g/mol. The minimum absolute atomic E-state index is 0.932. The topological polar surface area (TPSA) is 37.3 Å². The van der Waals surface area contributed by atoms with E-state index in [0.29, 0.717) is 0 Å². The summed E-state index contributed by atoms with van der Waals surface area (Å²) in [7, 11) is 0. The van der Waals surface area contributed by atoms with Crippen LogP contribution in [0.1, 0.15) is 45.4 Å². The molecule has 0 aliphatic carbocycles. The molecule has 0 atom stereocenters. The van der Waals surface area contributed by atoms with Crippen LogP contribution in [0.5, 0.6) is 0 Å². The number of allylic oxidation sites excluding steroid dienone is 9. The lowest BCUT2D eigenvalue weighted by Crippen LogP contribution is -1.84. The van der Waals surface area contributed by atoms with Crippen molar-refractivity contribution in [2.45, 2.75) is 45.4 Å². The van der Waals surface area contributed by atoms with Gasteiger partial charge in [0.25, 0.3) is 0 Å². The molecule has 0 fully saturated rings. The van der Waals surface area contributed by atoms with E-state index in [9.17, 15) is 4.79 Å². The van der Waals surface area contributed by atoms with Crippen LogP contribution in [0, 0.1) is 0 Å². The largest absolute Gasteiger partial charge is 0.478 e. The Morgan fingerprint density at radius 2 is 1.35 bits per heavy atom. The Morgan fingerprint density at radius 3 is 1.95 bits per heavy atom. The molecule has 0 aliphatic rings. The SMILES string of the molecule is CCCCCCCC=CC=CC=CC=CC=CC(=O)O. The van der Waals surface area contributed by atoms with Crippen molar-refractivity contribution in [2.24, 2.45) is 0 Å².